The van der Waals surface area contributed by atoms with Crippen molar-refractivity contribution in [3.05, 3.63) is 131 Å². The van der Waals surface area contributed by atoms with E-state index in [1.807, 2.05) is 60.7 Å². The van der Waals surface area contributed by atoms with Crippen molar-refractivity contribution < 1.29 is 13.2 Å². The lowest BCUT2D eigenvalue weighted by molar-refractivity contribution is -0.0370. The summed E-state index contributed by atoms with van der Waals surface area (Å²) in [5, 5.41) is 0. The Kier molecular flexibility index (Phi) is 6.47. The summed E-state index contributed by atoms with van der Waals surface area (Å²) in [6.07, 6.45) is 1.41. The van der Waals surface area contributed by atoms with E-state index in [0.717, 1.165) is 22.3 Å². The first-order valence-corrected chi connectivity index (χ1v) is 11.3. The molecule has 0 bridgehead atoms. The first-order chi connectivity index (χ1) is 15.0. The molecular weight excluding hydrogens is 413 g/mol. The van der Waals surface area contributed by atoms with Crippen LogP contribution in [0.1, 0.15) is 22.3 Å². The highest BCUT2D eigenvalue weighted by molar-refractivity contribution is 7.97. The monoisotopic (exact) mass is 435 g/mol. The fourth-order valence-corrected chi connectivity index (χ4v) is 5.18. The molecule has 0 amide bonds. The van der Waals surface area contributed by atoms with E-state index < -0.39 is 16.4 Å². The Bertz CT molecular complexity index is 1000. The van der Waals surface area contributed by atoms with Gasteiger partial charge in [0.2, 0.25) is 0 Å². The summed E-state index contributed by atoms with van der Waals surface area (Å²) in [5.41, 5.74) is -0.0575. The largest absolute Gasteiger partial charge is 0.586 e. The van der Waals surface area contributed by atoms with Gasteiger partial charge in [-0.25, -0.2) is 0 Å². The molecule has 156 valence electrons. The Morgan fingerprint density at radius 3 is 1.10 bits per heavy atom. The smallest absolute Gasteiger partial charge is 0.122 e. The van der Waals surface area contributed by atoms with Gasteiger partial charge in [0, 0.05) is 0 Å². The second-order valence-electron chi connectivity index (χ2n) is 7.36. The fraction of sp³-hybridized carbons (Fsp3) is 0.111. The van der Waals surface area contributed by atoms with Gasteiger partial charge in [-0.15, -0.1) is 13.2 Å². The van der Waals surface area contributed by atoms with Gasteiger partial charge in [0.25, 0.3) is 0 Å². The van der Waals surface area contributed by atoms with Crippen molar-refractivity contribution in [3.8, 4) is 0 Å². The van der Waals surface area contributed by atoms with E-state index in [-0.39, 0.29) is 0 Å². The topological polar surface area (TPSA) is 0 Å². The maximum Gasteiger partial charge on any atom is 0.586 e. The molecule has 0 nitrogen and oxygen atoms in total. The first-order valence-electron chi connectivity index (χ1n) is 10.1. The van der Waals surface area contributed by atoms with Crippen molar-refractivity contribution in [2.75, 3.05) is 0 Å². The van der Waals surface area contributed by atoms with Gasteiger partial charge in [-0.1, -0.05) is 84.9 Å². The fourth-order valence-electron chi connectivity index (χ4n) is 3.55. The minimum atomic E-state index is -4.33. The van der Waals surface area contributed by atoms with Gasteiger partial charge >= 0.3 is 5.51 Å². The molecule has 4 rings (SSSR count). The Morgan fingerprint density at radius 2 is 0.774 bits per heavy atom. The molecule has 0 atom stereocenters. The molecule has 0 aromatic heterocycles. The zero-order valence-electron chi connectivity index (χ0n) is 16.8. The zero-order chi connectivity index (χ0) is 21.7. The number of benzene rings is 4. The van der Waals surface area contributed by atoms with E-state index in [1.54, 1.807) is 48.5 Å². The van der Waals surface area contributed by atoms with Crippen LogP contribution in [0.3, 0.4) is 0 Å². The molecule has 4 aromatic carbocycles. The highest BCUT2D eigenvalue weighted by Crippen LogP contribution is 2.38. The van der Waals surface area contributed by atoms with Crippen LogP contribution in [0.25, 0.3) is 0 Å². The maximum absolute atomic E-state index is 14.0. The minimum absolute atomic E-state index is 0.292. The third-order valence-corrected chi connectivity index (χ3v) is 7.00. The van der Waals surface area contributed by atoms with Crippen LogP contribution in [0.5, 0.6) is 0 Å². The van der Waals surface area contributed by atoms with Crippen molar-refractivity contribution in [2.45, 2.75) is 28.1 Å². The summed E-state index contributed by atoms with van der Waals surface area (Å²) in [6, 6.07) is 33.5. The molecule has 0 heterocycles. The molecular formula is C27H22F3S+. The molecule has 4 heteroatoms. The Balaban J connectivity index is 1.55. The normalized spacial score (nSPS) is 11.6. The van der Waals surface area contributed by atoms with Crippen molar-refractivity contribution in [1.82, 2.24) is 0 Å². The average molecular weight is 436 g/mol. The van der Waals surface area contributed by atoms with Crippen LogP contribution < -0.4 is 0 Å². The molecule has 0 radical (unpaired) electrons. The molecule has 31 heavy (non-hydrogen) atoms. The van der Waals surface area contributed by atoms with Crippen LogP contribution in [0.15, 0.2) is 119 Å². The standard InChI is InChI=1S/C27H22F3S/c28-27(29,30)31(25-15-11-23(12-16-25)19-21-7-3-1-4-8-21)26-17-13-24(14-18-26)20-22-9-5-2-6-10-22/h1-18H,19-20H2/q+1. The van der Waals surface area contributed by atoms with Crippen LogP contribution in [-0.4, -0.2) is 5.51 Å². The van der Waals surface area contributed by atoms with Crippen molar-refractivity contribution in [1.29, 1.82) is 0 Å². The summed E-state index contributed by atoms with van der Waals surface area (Å²) in [6.45, 7) is 0. The summed E-state index contributed by atoms with van der Waals surface area (Å²) in [5.74, 6) is 0. The minimum Gasteiger partial charge on any atom is -0.122 e. The van der Waals surface area contributed by atoms with E-state index in [9.17, 15) is 13.2 Å². The second-order valence-corrected chi connectivity index (χ2v) is 9.38. The van der Waals surface area contributed by atoms with E-state index >= 15 is 0 Å². The predicted molar refractivity (Wildman–Crippen MR) is 121 cm³/mol. The summed E-state index contributed by atoms with van der Waals surface area (Å²) >= 11 is 0. The predicted octanol–water partition coefficient (Wildman–Crippen LogP) is 7.42. The van der Waals surface area contributed by atoms with Crippen LogP contribution in [0.4, 0.5) is 13.2 Å². The average Bonchev–Trinajstić information content (AvgIpc) is 2.77. The first kappa shape index (κ1) is 21.3. The van der Waals surface area contributed by atoms with Gasteiger partial charge in [-0.3, -0.25) is 0 Å². The summed E-state index contributed by atoms with van der Waals surface area (Å²) < 4.78 is 42.0. The number of alkyl halides is 3. The Morgan fingerprint density at radius 1 is 0.452 bits per heavy atom. The third kappa shape index (κ3) is 5.59. The van der Waals surface area contributed by atoms with Gasteiger partial charge < -0.3 is 0 Å². The lowest BCUT2D eigenvalue weighted by Crippen LogP contribution is -2.24. The molecule has 4 aromatic rings. The molecule has 0 N–H and O–H groups in total. The van der Waals surface area contributed by atoms with Crippen LogP contribution >= 0.6 is 0 Å². The molecule has 0 saturated carbocycles. The quantitative estimate of drug-likeness (QED) is 0.276. The highest BCUT2D eigenvalue weighted by atomic mass is 32.2. The lowest BCUT2D eigenvalue weighted by Gasteiger charge is -2.11. The van der Waals surface area contributed by atoms with E-state index in [2.05, 4.69) is 0 Å². The van der Waals surface area contributed by atoms with Crippen LogP contribution in [0, 0.1) is 0 Å². The van der Waals surface area contributed by atoms with Gasteiger partial charge in [0.1, 0.15) is 0 Å². The van der Waals surface area contributed by atoms with Gasteiger partial charge in [0.15, 0.2) is 20.7 Å². The molecule has 0 spiro atoms. The van der Waals surface area contributed by atoms with Crippen molar-refractivity contribution >= 4 is 10.9 Å². The van der Waals surface area contributed by atoms with Gasteiger partial charge in [-0.2, -0.15) is 0 Å². The summed E-state index contributed by atoms with van der Waals surface area (Å²) in [7, 11) is -1.98. The molecule has 0 aliphatic carbocycles. The highest BCUT2D eigenvalue weighted by Gasteiger charge is 2.54. The van der Waals surface area contributed by atoms with Gasteiger partial charge in [0.05, 0.1) is 0 Å². The van der Waals surface area contributed by atoms with E-state index in [0.29, 0.717) is 22.6 Å². The molecule has 0 aliphatic rings. The van der Waals surface area contributed by atoms with Crippen molar-refractivity contribution in [3.63, 3.8) is 0 Å². The lowest BCUT2D eigenvalue weighted by atomic mass is 10.1. The van der Waals surface area contributed by atoms with Crippen LogP contribution in [0.2, 0.25) is 0 Å². The molecule has 0 unspecified atom stereocenters. The van der Waals surface area contributed by atoms with E-state index in [1.165, 1.54) is 0 Å². The third-order valence-electron chi connectivity index (χ3n) is 5.05. The molecule has 0 aliphatic heterocycles. The van der Waals surface area contributed by atoms with E-state index in [4.69, 9.17) is 0 Å². The number of hydrogen-bond acceptors (Lipinski definition) is 0. The zero-order valence-corrected chi connectivity index (χ0v) is 17.7. The molecule has 0 saturated heterocycles. The SMILES string of the molecule is FC(F)(F)[S+](c1ccc(Cc2ccccc2)cc1)c1ccc(Cc2ccccc2)cc1. The van der Waals surface area contributed by atoms with Crippen LogP contribution in [-0.2, 0) is 23.7 Å². The Hall–Kier alpha value is -2.98. The number of hydrogen-bond donors (Lipinski definition) is 0. The number of halogens is 3. The number of rotatable bonds is 6. The maximum atomic E-state index is 14.0. The Labute approximate surface area is 183 Å². The molecule has 0 fully saturated rings. The second kappa shape index (κ2) is 9.44. The summed E-state index contributed by atoms with van der Waals surface area (Å²) in [4.78, 5) is 0.584. The van der Waals surface area contributed by atoms with Crippen molar-refractivity contribution in [2.24, 2.45) is 0 Å². The van der Waals surface area contributed by atoms with Gasteiger partial charge in [-0.05, 0) is 59.4 Å².